The number of aromatic nitrogens is 2. The Morgan fingerprint density at radius 3 is 2.62 bits per heavy atom. The van der Waals surface area contributed by atoms with E-state index in [0.29, 0.717) is 25.2 Å². The van der Waals surface area contributed by atoms with E-state index < -0.39 is 5.66 Å². The molecule has 3 atom stereocenters. The number of hydrogen-bond acceptors (Lipinski definition) is 4. The summed E-state index contributed by atoms with van der Waals surface area (Å²) in [6, 6.07) is 9.79. The Hall–Kier alpha value is -2.41. The molecule has 1 aliphatic heterocycles. The molecule has 4 rings (SSSR count). The fourth-order valence-electron chi connectivity index (χ4n) is 5.01. The molecule has 5 nitrogen and oxygen atoms in total. The van der Waals surface area contributed by atoms with Gasteiger partial charge in [0.1, 0.15) is 5.69 Å². The minimum absolute atomic E-state index is 0.0371. The van der Waals surface area contributed by atoms with Gasteiger partial charge in [-0.15, -0.1) is 11.3 Å². The summed E-state index contributed by atoms with van der Waals surface area (Å²) < 4.78 is 30.9. The normalized spacial score (nSPS) is 18.1. The summed E-state index contributed by atoms with van der Waals surface area (Å²) in [6.07, 6.45) is 6.14. The van der Waals surface area contributed by atoms with Crippen molar-refractivity contribution in [3.63, 3.8) is 0 Å². The highest BCUT2D eigenvalue weighted by molar-refractivity contribution is 7.17. The summed E-state index contributed by atoms with van der Waals surface area (Å²) in [7, 11) is 5.55. The molecule has 0 saturated heterocycles. The third-order valence-corrected chi connectivity index (χ3v) is 8.42. The van der Waals surface area contributed by atoms with Crippen LogP contribution in [0.1, 0.15) is 53.3 Å². The largest absolute Gasteiger partial charge is 0.330 e. The highest BCUT2D eigenvalue weighted by atomic mass is 32.1. The van der Waals surface area contributed by atoms with Gasteiger partial charge in [0, 0.05) is 52.6 Å². The lowest BCUT2D eigenvalue weighted by molar-refractivity contribution is -0.129. The second-order valence-corrected chi connectivity index (χ2v) is 11.7. The second-order valence-electron chi connectivity index (χ2n) is 9.75. The second kappa shape index (κ2) is 11.1. The standard InChI is InChI=1S/C28H35F2N4OPS/c1-6-19-15-22-24(37-19)17-34(25(35)13-10-14-32(4)5)18(3)26(22)21-12-9-8-11-20(21)23-16-33(7-2)31-27(23)28(29,30)36/h8-13,15-16,18,26H,6-7,14,17,36H2,1-5H3/b13-10+. The van der Waals surface area contributed by atoms with Crippen LogP contribution in [0.5, 0.6) is 0 Å². The Labute approximate surface area is 224 Å². The number of nitrogens with zero attached hydrogens (tertiary/aromatic N) is 4. The fraction of sp³-hybridized carbons (Fsp3) is 0.429. The molecule has 0 saturated carbocycles. The molecular formula is C28H35F2N4OPS. The molecule has 198 valence electrons. The van der Waals surface area contributed by atoms with E-state index in [4.69, 9.17) is 0 Å². The monoisotopic (exact) mass is 544 g/mol. The van der Waals surface area contributed by atoms with Crippen LogP contribution < -0.4 is 0 Å². The van der Waals surface area contributed by atoms with Crippen LogP contribution in [0.2, 0.25) is 0 Å². The maximum atomic E-state index is 14.7. The molecule has 2 aromatic heterocycles. The van der Waals surface area contributed by atoms with Crippen LogP contribution in [0.25, 0.3) is 11.1 Å². The van der Waals surface area contributed by atoms with E-state index in [9.17, 15) is 13.6 Å². The van der Waals surface area contributed by atoms with Crippen molar-refractivity contribution in [1.82, 2.24) is 19.6 Å². The number of carbonyl (C=O) groups is 1. The van der Waals surface area contributed by atoms with Gasteiger partial charge in [-0.2, -0.15) is 13.9 Å². The van der Waals surface area contributed by atoms with Gasteiger partial charge in [-0.05, 0) is 57.1 Å². The number of alkyl halides is 2. The third-order valence-electron chi connectivity index (χ3n) is 6.87. The van der Waals surface area contributed by atoms with E-state index in [1.165, 1.54) is 10.4 Å². The molecule has 0 fully saturated rings. The number of aryl methyl sites for hydroxylation is 2. The van der Waals surface area contributed by atoms with Crippen LogP contribution in [0, 0.1) is 0 Å². The number of thiophene rings is 1. The van der Waals surface area contributed by atoms with Crippen molar-refractivity contribution in [3.05, 3.63) is 75.3 Å². The lowest BCUT2D eigenvalue weighted by atomic mass is 9.79. The average molecular weight is 545 g/mol. The van der Waals surface area contributed by atoms with Crippen molar-refractivity contribution in [3.8, 4) is 11.1 Å². The molecule has 0 radical (unpaired) electrons. The number of carbonyl (C=O) groups excluding carboxylic acids is 1. The molecule has 37 heavy (non-hydrogen) atoms. The molecule has 0 aliphatic carbocycles. The van der Waals surface area contributed by atoms with E-state index in [0.717, 1.165) is 22.4 Å². The summed E-state index contributed by atoms with van der Waals surface area (Å²) in [4.78, 5) is 19.7. The number of halogens is 2. The predicted molar refractivity (Wildman–Crippen MR) is 150 cm³/mol. The van der Waals surface area contributed by atoms with Crippen LogP contribution >= 0.6 is 20.6 Å². The fourth-order valence-corrected chi connectivity index (χ4v) is 6.37. The zero-order chi connectivity index (χ0) is 26.9. The Bertz CT molecular complexity index is 1290. The number of amides is 1. The smallest absolute Gasteiger partial charge is 0.302 e. The van der Waals surface area contributed by atoms with E-state index >= 15 is 0 Å². The van der Waals surface area contributed by atoms with E-state index in [2.05, 4.69) is 25.0 Å². The van der Waals surface area contributed by atoms with Crippen molar-refractivity contribution in [2.45, 2.75) is 57.9 Å². The first-order chi connectivity index (χ1) is 17.5. The van der Waals surface area contributed by atoms with Crippen molar-refractivity contribution in [2.75, 3.05) is 20.6 Å². The molecule has 3 heterocycles. The maximum Gasteiger partial charge on any atom is 0.302 e. The van der Waals surface area contributed by atoms with Crippen LogP contribution in [0.4, 0.5) is 8.78 Å². The van der Waals surface area contributed by atoms with Crippen LogP contribution in [-0.4, -0.2) is 52.2 Å². The Balaban J connectivity index is 1.85. The first kappa shape index (κ1) is 27.6. The lowest BCUT2D eigenvalue weighted by Gasteiger charge is -2.40. The van der Waals surface area contributed by atoms with E-state index in [-0.39, 0.29) is 23.6 Å². The summed E-state index contributed by atoms with van der Waals surface area (Å²) in [5.74, 6) is -0.191. The average Bonchev–Trinajstić information content (AvgIpc) is 3.47. The molecular weight excluding hydrogens is 509 g/mol. The van der Waals surface area contributed by atoms with Gasteiger partial charge in [0.15, 0.2) is 0 Å². The molecule has 9 heteroatoms. The van der Waals surface area contributed by atoms with Gasteiger partial charge in [0.2, 0.25) is 5.91 Å². The number of fused-ring (bicyclic) bond motifs is 1. The first-order valence-corrected chi connectivity index (χ1v) is 14.0. The maximum absolute atomic E-state index is 14.7. The molecule has 0 bridgehead atoms. The summed E-state index contributed by atoms with van der Waals surface area (Å²) in [5, 5.41) is 4.20. The van der Waals surface area contributed by atoms with Gasteiger partial charge in [-0.3, -0.25) is 9.48 Å². The summed E-state index contributed by atoms with van der Waals surface area (Å²) in [5.41, 5.74) is -0.156. The van der Waals surface area contributed by atoms with Gasteiger partial charge >= 0.3 is 5.66 Å². The molecule has 1 amide bonds. The van der Waals surface area contributed by atoms with Crippen LogP contribution in [0.3, 0.4) is 0 Å². The quantitative estimate of drug-likeness (QED) is 0.254. The lowest BCUT2D eigenvalue weighted by Crippen LogP contribution is -2.44. The van der Waals surface area contributed by atoms with Crippen LogP contribution in [-0.2, 0) is 30.0 Å². The van der Waals surface area contributed by atoms with Gasteiger partial charge in [0.25, 0.3) is 0 Å². The SMILES string of the molecule is CCc1cc2c(s1)CN(C(=O)/C=C/CN(C)C)C(C)C2c1ccccc1-c1cn(CC)nc1C(F)(F)P. The summed E-state index contributed by atoms with van der Waals surface area (Å²) >= 11 is 1.74. The molecule has 3 aromatic rings. The number of rotatable bonds is 8. The predicted octanol–water partition coefficient (Wildman–Crippen LogP) is 6.10. The zero-order valence-electron chi connectivity index (χ0n) is 22.0. The molecule has 1 aliphatic rings. The summed E-state index contributed by atoms with van der Waals surface area (Å²) in [6.45, 7) is 7.79. The third kappa shape index (κ3) is 5.71. The van der Waals surface area contributed by atoms with E-state index in [1.807, 2.05) is 61.2 Å². The molecule has 3 unspecified atom stereocenters. The number of benzene rings is 1. The Morgan fingerprint density at radius 2 is 1.97 bits per heavy atom. The van der Waals surface area contributed by atoms with Gasteiger partial charge in [-0.1, -0.05) is 46.5 Å². The van der Waals surface area contributed by atoms with Crippen LogP contribution in [0.15, 0.2) is 48.7 Å². The number of hydrogen-bond donors (Lipinski definition) is 0. The Kier molecular flexibility index (Phi) is 8.32. The van der Waals surface area contributed by atoms with Crippen molar-refractivity contribution >= 4 is 26.5 Å². The topological polar surface area (TPSA) is 41.4 Å². The zero-order valence-corrected chi connectivity index (χ0v) is 24.0. The molecule has 0 N–H and O–H groups in total. The Morgan fingerprint density at radius 1 is 1.24 bits per heavy atom. The van der Waals surface area contributed by atoms with Gasteiger partial charge in [0.05, 0.1) is 6.54 Å². The van der Waals surface area contributed by atoms with Gasteiger partial charge in [-0.25, -0.2) is 0 Å². The van der Waals surface area contributed by atoms with Crippen molar-refractivity contribution < 1.29 is 13.6 Å². The molecule has 0 spiro atoms. The minimum atomic E-state index is -3.16. The number of likely N-dealkylation sites (N-methyl/N-ethyl adjacent to an activating group) is 1. The van der Waals surface area contributed by atoms with Gasteiger partial charge < -0.3 is 9.80 Å². The highest BCUT2D eigenvalue weighted by Gasteiger charge is 2.39. The molecule has 1 aromatic carbocycles. The first-order valence-electron chi connectivity index (χ1n) is 12.6. The highest BCUT2D eigenvalue weighted by Crippen LogP contribution is 2.47. The van der Waals surface area contributed by atoms with E-state index in [1.54, 1.807) is 37.5 Å². The van der Waals surface area contributed by atoms with Crippen molar-refractivity contribution in [1.29, 1.82) is 0 Å². The minimum Gasteiger partial charge on any atom is -0.330 e. The van der Waals surface area contributed by atoms with Crippen molar-refractivity contribution in [2.24, 2.45) is 0 Å².